The van der Waals surface area contributed by atoms with Crippen molar-refractivity contribution in [1.29, 1.82) is 0 Å². The van der Waals surface area contributed by atoms with Crippen LogP contribution in [0.1, 0.15) is 44.3 Å². The number of nitrogen functional groups attached to an aromatic ring is 1. The molecule has 1 aromatic rings. The Hall–Kier alpha value is -1.36. The van der Waals surface area contributed by atoms with Crippen LogP contribution in [0.4, 0.5) is 11.6 Å². The maximum absolute atomic E-state index is 5.91. The van der Waals surface area contributed by atoms with E-state index in [1.807, 2.05) is 6.07 Å². The van der Waals surface area contributed by atoms with E-state index in [1.54, 1.807) is 7.11 Å². The lowest BCUT2D eigenvalue weighted by molar-refractivity contribution is 0.0105. The predicted molar refractivity (Wildman–Crippen MR) is 81.7 cm³/mol. The molecule has 0 saturated heterocycles. The predicted octanol–water partition coefficient (Wildman–Crippen LogP) is 2.59. The topological polar surface area (TPSA) is 73.1 Å². The maximum Gasteiger partial charge on any atom is 0.158 e. The Labute approximate surface area is 125 Å². The van der Waals surface area contributed by atoms with E-state index in [0.717, 1.165) is 23.6 Å². The van der Waals surface area contributed by atoms with Crippen molar-refractivity contribution in [3.05, 3.63) is 11.9 Å². The molecule has 0 unspecified atom stereocenters. The van der Waals surface area contributed by atoms with E-state index < -0.39 is 0 Å². The van der Waals surface area contributed by atoms with Gasteiger partial charge in [0.05, 0.1) is 0 Å². The number of nitrogens with one attached hydrogen (secondary N) is 1. The van der Waals surface area contributed by atoms with Gasteiger partial charge in [-0.2, -0.15) is 0 Å². The van der Waals surface area contributed by atoms with Crippen molar-refractivity contribution in [1.82, 2.24) is 9.97 Å². The summed E-state index contributed by atoms with van der Waals surface area (Å²) in [5, 5.41) is 3.74. The Morgan fingerprint density at radius 3 is 2.38 bits per heavy atom. The van der Waals surface area contributed by atoms with Crippen molar-refractivity contribution < 1.29 is 4.74 Å². The van der Waals surface area contributed by atoms with Crippen molar-refractivity contribution in [2.75, 3.05) is 18.2 Å². The first-order valence-electron chi connectivity index (χ1n) is 8.05. The second-order valence-corrected chi connectivity index (χ2v) is 7.35. The summed E-state index contributed by atoms with van der Waals surface area (Å²) in [4.78, 5) is 8.79. The fourth-order valence-electron chi connectivity index (χ4n) is 5.31. The number of methoxy groups -OCH3 is 1. The van der Waals surface area contributed by atoms with Crippen molar-refractivity contribution in [2.45, 2.75) is 50.7 Å². The lowest BCUT2D eigenvalue weighted by Crippen LogP contribution is -2.54. The van der Waals surface area contributed by atoms with Crippen molar-refractivity contribution in [3.63, 3.8) is 0 Å². The maximum atomic E-state index is 5.91. The number of hydrogen-bond donors (Lipinski definition) is 2. The fourth-order valence-corrected chi connectivity index (χ4v) is 5.31. The van der Waals surface area contributed by atoms with Crippen LogP contribution in [0.3, 0.4) is 0 Å². The average Bonchev–Trinajstić information content (AvgIpc) is 2.35. The van der Waals surface area contributed by atoms with Crippen LogP contribution in [-0.4, -0.2) is 22.6 Å². The monoisotopic (exact) mass is 288 g/mol. The summed E-state index contributed by atoms with van der Waals surface area (Å²) in [6.07, 6.45) is 8.22. The van der Waals surface area contributed by atoms with E-state index >= 15 is 0 Å². The highest BCUT2D eigenvalue weighted by atomic mass is 16.5. The van der Waals surface area contributed by atoms with E-state index in [9.17, 15) is 0 Å². The molecule has 21 heavy (non-hydrogen) atoms. The molecule has 0 spiro atoms. The molecular formula is C16H24N4O. The number of nitrogens with zero attached hydrogens (tertiary/aromatic N) is 2. The molecular weight excluding hydrogens is 264 g/mol. The van der Waals surface area contributed by atoms with Gasteiger partial charge < -0.3 is 15.8 Å². The van der Waals surface area contributed by atoms with Gasteiger partial charge in [0.1, 0.15) is 18.2 Å². The van der Waals surface area contributed by atoms with Crippen LogP contribution in [0.5, 0.6) is 0 Å². The van der Waals surface area contributed by atoms with Gasteiger partial charge in [0, 0.05) is 18.7 Å². The van der Waals surface area contributed by atoms with Crippen LogP contribution < -0.4 is 11.1 Å². The first-order chi connectivity index (χ1) is 10.1. The van der Waals surface area contributed by atoms with E-state index in [4.69, 9.17) is 10.5 Å². The molecule has 4 aliphatic carbocycles. The van der Waals surface area contributed by atoms with Crippen LogP contribution >= 0.6 is 0 Å². The number of ether oxygens (including phenoxy) is 1. The SMILES string of the molecule is COCc1nc(N)cc(NC23CC4CC(CC(C4)C2)C3)n1. The highest BCUT2D eigenvalue weighted by Gasteiger charge is 2.51. The number of hydrogen-bond acceptors (Lipinski definition) is 5. The molecule has 0 aromatic carbocycles. The summed E-state index contributed by atoms with van der Waals surface area (Å²) in [5.41, 5.74) is 6.16. The number of aromatic nitrogens is 2. The third-order valence-electron chi connectivity index (χ3n) is 5.50. The Balaban J connectivity index is 1.58. The zero-order valence-electron chi connectivity index (χ0n) is 12.6. The largest absolute Gasteiger partial charge is 0.384 e. The first kappa shape index (κ1) is 13.3. The van der Waals surface area contributed by atoms with Gasteiger partial charge in [-0.05, 0) is 56.3 Å². The molecule has 1 heterocycles. The van der Waals surface area contributed by atoms with Crippen LogP contribution in [0.25, 0.3) is 0 Å². The Bertz CT molecular complexity index is 510. The minimum atomic E-state index is 0.250. The van der Waals surface area contributed by atoms with E-state index in [-0.39, 0.29) is 5.54 Å². The summed E-state index contributed by atoms with van der Waals surface area (Å²) < 4.78 is 5.12. The highest BCUT2D eigenvalue weighted by molar-refractivity contribution is 5.47. The molecule has 114 valence electrons. The first-order valence-corrected chi connectivity index (χ1v) is 8.05. The van der Waals surface area contributed by atoms with Gasteiger partial charge in [-0.3, -0.25) is 0 Å². The van der Waals surface area contributed by atoms with E-state index in [2.05, 4.69) is 15.3 Å². The van der Waals surface area contributed by atoms with E-state index in [0.29, 0.717) is 18.2 Å². The standard InChI is InChI=1S/C16H24N4O/c1-21-9-15-18-13(17)5-14(19-15)20-16-6-10-2-11(7-16)4-12(3-10)8-16/h5,10-12H,2-4,6-9H2,1H3,(H3,17,18,19,20). The smallest absolute Gasteiger partial charge is 0.158 e. The van der Waals surface area contributed by atoms with Crippen molar-refractivity contribution >= 4 is 11.6 Å². The summed E-state index contributed by atoms with van der Waals surface area (Å²) in [7, 11) is 1.65. The van der Waals surface area contributed by atoms with Gasteiger partial charge in [-0.15, -0.1) is 0 Å². The summed E-state index contributed by atoms with van der Waals surface area (Å²) in [5.74, 6) is 4.80. The Morgan fingerprint density at radius 1 is 1.19 bits per heavy atom. The Morgan fingerprint density at radius 2 is 1.81 bits per heavy atom. The molecule has 1 aromatic heterocycles. The number of nitrogens with two attached hydrogens (primary N) is 1. The molecule has 0 aliphatic heterocycles. The van der Waals surface area contributed by atoms with Gasteiger partial charge in [0.15, 0.2) is 5.82 Å². The molecule has 3 N–H and O–H groups in total. The molecule has 4 aliphatic rings. The third-order valence-corrected chi connectivity index (χ3v) is 5.50. The second kappa shape index (κ2) is 4.83. The third kappa shape index (κ3) is 2.48. The lowest BCUT2D eigenvalue weighted by atomic mass is 9.53. The lowest BCUT2D eigenvalue weighted by Gasteiger charge is -2.57. The van der Waals surface area contributed by atoms with Gasteiger partial charge in [0.2, 0.25) is 0 Å². The minimum Gasteiger partial charge on any atom is -0.384 e. The molecule has 0 radical (unpaired) electrons. The molecule has 5 heteroatoms. The molecule has 4 bridgehead atoms. The van der Waals surface area contributed by atoms with Crippen LogP contribution in [0, 0.1) is 17.8 Å². The summed E-state index contributed by atoms with van der Waals surface area (Å²) >= 11 is 0. The van der Waals surface area contributed by atoms with Gasteiger partial charge in [-0.1, -0.05) is 0 Å². The summed E-state index contributed by atoms with van der Waals surface area (Å²) in [6, 6.07) is 1.86. The highest BCUT2D eigenvalue weighted by Crippen LogP contribution is 2.56. The van der Waals surface area contributed by atoms with Crippen molar-refractivity contribution in [3.8, 4) is 0 Å². The van der Waals surface area contributed by atoms with E-state index in [1.165, 1.54) is 38.5 Å². The van der Waals surface area contributed by atoms with Gasteiger partial charge in [0.25, 0.3) is 0 Å². The second-order valence-electron chi connectivity index (χ2n) is 7.35. The Kier molecular flexibility index (Phi) is 3.06. The van der Waals surface area contributed by atoms with Gasteiger partial charge in [-0.25, -0.2) is 9.97 Å². The van der Waals surface area contributed by atoms with Crippen LogP contribution in [0.2, 0.25) is 0 Å². The van der Waals surface area contributed by atoms with Crippen LogP contribution in [0.15, 0.2) is 6.07 Å². The minimum absolute atomic E-state index is 0.250. The normalized spacial score (nSPS) is 36.9. The molecule has 0 amide bonds. The quantitative estimate of drug-likeness (QED) is 0.891. The molecule has 4 fully saturated rings. The van der Waals surface area contributed by atoms with Crippen LogP contribution in [-0.2, 0) is 11.3 Å². The zero-order valence-corrected chi connectivity index (χ0v) is 12.6. The van der Waals surface area contributed by atoms with Gasteiger partial charge >= 0.3 is 0 Å². The number of anilines is 2. The summed E-state index contributed by atoms with van der Waals surface area (Å²) in [6.45, 7) is 0.403. The zero-order chi connectivity index (χ0) is 14.4. The molecule has 5 nitrogen and oxygen atoms in total. The molecule has 5 rings (SSSR count). The fraction of sp³-hybridized carbons (Fsp3) is 0.750. The molecule has 0 atom stereocenters. The van der Waals surface area contributed by atoms with Crippen molar-refractivity contribution in [2.24, 2.45) is 17.8 Å². The number of rotatable bonds is 4. The average molecular weight is 288 g/mol. The molecule has 4 saturated carbocycles.